The standard InChI is InChI=1S/C12H17NO4/c1-13(2)6-7-17-11-8-9(12(14)15)4-5-10(11)16-3/h4-5,8H,6-7H2,1-3H3,(H,14,15). The molecule has 0 saturated heterocycles. The highest BCUT2D eigenvalue weighted by Gasteiger charge is 2.09. The maximum Gasteiger partial charge on any atom is 0.335 e. The molecule has 1 aromatic rings. The van der Waals surface area contributed by atoms with Gasteiger partial charge in [0.15, 0.2) is 11.5 Å². The Kier molecular flexibility index (Phi) is 4.78. The number of carbonyl (C=O) groups is 1. The largest absolute Gasteiger partial charge is 0.493 e. The summed E-state index contributed by atoms with van der Waals surface area (Å²) in [5, 5.41) is 8.88. The Bertz CT molecular complexity index is 390. The Hall–Kier alpha value is -1.75. The van der Waals surface area contributed by atoms with Crippen molar-refractivity contribution in [2.75, 3.05) is 34.4 Å². The van der Waals surface area contributed by atoms with Gasteiger partial charge < -0.3 is 19.5 Å². The van der Waals surface area contributed by atoms with Crippen LogP contribution in [0.1, 0.15) is 10.4 Å². The van der Waals surface area contributed by atoms with E-state index in [1.165, 1.54) is 19.2 Å². The molecular weight excluding hydrogens is 222 g/mol. The van der Waals surface area contributed by atoms with E-state index >= 15 is 0 Å². The maximum atomic E-state index is 10.8. The van der Waals surface area contributed by atoms with Gasteiger partial charge in [-0.15, -0.1) is 0 Å². The van der Waals surface area contributed by atoms with Gasteiger partial charge in [0.1, 0.15) is 6.61 Å². The molecule has 0 unspecified atom stereocenters. The molecule has 0 radical (unpaired) electrons. The molecule has 0 aliphatic heterocycles. The van der Waals surface area contributed by atoms with E-state index in [-0.39, 0.29) is 5.56 Å². The summed E-state index contributed by atoms with van der Waals surface area (Å²) in [6, 6.07) is 4.55. The van der Waals surface area contributed by atoms with Crippen LogP contribution in [-0.4, -0.2) is 50.3 Å². The number of rotatable bonds is 6. The molecule has 1 rings (SSSR count). The summed E-state index contributed by atoms with van der Waals surface area (Å²) >= 11 is 0. The van der Waals surface area contributed by atoms with E-state index in [0.717, 1.165) is 6.54 Å². The quantitative estimate of drug-likeness (QED) is 0.811. The summed E-state index contributed by atoms with van der Waals surface area (Å²) in [5.41, 5.74) is 0.186. The van der Waals surface area contributed by atoms with E-state index in [0.29, 0.717) is 18.1 Å². The summed E-state index contributed by atoms with van der Waals surface area (Å²) < 4.78 is 10.6. The highest BCUT2D eigenvalue weighted by atomic mass is 16.5. The molecule has 0 spiro atoms. The van der Waals surface area contributed by atoms with E-state index < -0.39 is 5.97 Å². The highest BCUT2D eigenvalue weighted by molar-refractivity contribution is 5.88. The molecule has 0 bridgehead atoms. The first-order valence-corrected chi connectivity index (χ1v) is 5.23. The molecule has 0 aromatic heterocycles. The topological polar surface area (TPSA) is 59.0 Å². The van der Waals surface area contributed by atoms with Crippen LogP contribution in [0.4, 0.5) is 0 Å². The first kappa shape index (κ1) is 13.3. The number of carboxylic acids is 1. The third kappa shape index (κ3) is 3.96. The predicted octanol–water partition coefficient (Wildman–Crippen LogP) is 1.33. The normalized spacial score (nSPS) is 10.4. The molecule has 0 amide bonds. The predicted molar refractivity (Wildman–Crippen MR) is 64.0 cm³/mol. The van der Waals surface area contributed by atoms with Crippen LogP contribution >= 0.6 is 0 Å². The zero-order chi connectivity index (χ0) is 12.8. The second-order valence-electron chi connectivity index (χ2n) is 3.82. The number of hydrogen-bond donors (Lipinski definition) is 1. The number of aromatic carboxylic acids is 1. The van der Waals surface area contributed by atoms with Crippen LogP contribution in [0.2, 0.25) is 0 Å². The molecule has 94 valence electrons. The van der Waals surface area contributed by atoms with Crippen LogP contribution < -0.4 is 9.47 Å². The second-order valence-corrected chi connectivity index (χ2v) is 3.82. The average molecular weight is 239 g/mol. The van der Waals surface area contributed by atoms with Crippen LogP contribution in [0.3, 0.4) is 0 Å². The molecule has 0 fully saturated rings. The summed E-state index contributed by atoms with van der Waals surface area (Å²) in [4.78, 5) is 12.8. The number of ether oxygens (including phenoxy) is 2. The number of methoxy groups -OCH3 is 1. The van der Waals surface area contributed by atoms with E-state index in [1.54, 1.807) is 6.07 Å². The van der Waals surface area contributed by atoms with Gasteiger partial charge in [0, 0.05) is 6.54 Å². The van der Waals surface area contributed by atoms with Crippen molar-refractivity contribution in [3.8, 4) is 11.5 Å². The lowest BCUT2D eigenvalue weighted by Crippen LogP contribution is -2.19. The summed E-state index contributed by atoms with van der Waals surface area (Å²) in [5.74, 6) is 0.00752. The Balaban J connectivity index is 2.79. The fourth-order valence-electron chi connectivity index (χ4n) is 1.26. The zero-order valence-corrected chi connectivity index (χ0v) is 10.3. The first-order valence-electron chi connectivity index (χ1n) is 5.23. The summed E-state index contributed by atoms with van der Waals surface area (Å²) in [6.07, 6.45) is 0. The Labute approximate surface area is 101 Å². The van der Waals surface area contributed by atoms with Crippen molar-refractivity contribution in [3.05, 3.63) is 23.8 Å². The molecule has 0 heterocycles. The fourth-order valence-corrected chi connectivity index (χ4v) is 1.26. The van der Waals surface area contributed by atoms with Gasteiger partial charge in [-0.05, 0) is 32.3 Å². The molecule has 0 atom stereocenters. The molecule has 1 N–H and O–H groups in total. The van der Waals surface area contributed by atoms with Crippen LogP contribution in [0.25, 0.3) is 0 Å². The fraction of sp³-hybridized carbons (Fsp3) is 0.417. The monoisotopic (exact) mass is 239 g/mol. The van der Waals surface area contributed by atoms with Crippen molar-refractivity contribution in [2.45, 2.75) is 0 Å². The van der Waals surface area contributed by atoms with Crippen LogP contribution in [0, 0.1) is 0 Å². The lowest BCUT2D eigenvalue weighted by atomic mass is 10.2. The smallest absolute Gasteiger partial charge is 0.335 e. The molecule has 5 heteroatoms. The van der Waals surface area contributed by atoms with Gasteiger partial charge in [0.05, 0.1) is 12.7 Å². The highest BCUT2D eigenvalue weighted by Crippen LogP contribution is 2.27. The number of nitrogens with zero attached hydrogens (tertiary/aromatic N) is 1. The molecule has 0 aliphatic carbocycles. The lowest BCUT2D eigenvalue weighted by Gasteiger charge is -2.13. The number of benzene rings is 1. The molecule has 0 saturated carbocycles. The average Bonchev–Trinajstić information content (AvgIpc) is 2.28. The van der Waals surface area contributed by atoms with E-state index in [4.69, 9.17) is 14.6 Å². The Morgan fingerprint density at radius 3 is 2.59 bits per heavy atom. The van der Waals surface area contributed by atoms with Crippen LogP contribution in [0.5, 0.6) is 11.5 Å². The van der Waals surface area contributed by atoms with Gasteiger partial charge in [-0.2, -0.15) is 0 Å². The first-order chi connectivity index (χ1) is 8.04. The number of hydrogen-bond acceptors (Lipinski definition) is 4. The molecule has 5 nitrogen and oxygen atoms in total. The minimum Gasteiger partial charge on any atom is -0.493 e. The van der Waals surface area contributed by atoms with E-state index in [9.17, 15) is 4.79 Å². The molecule has 1 aromatic carbocycles. The zero-order valence-electron chi connectivity index (χ0n) is 10.3. The minimum atomic E-state index is -0.981. The number of likely N-dealkylation sites (N-methyl/N-ethyl adjacent to an activating group) is 1. The third-order valence-corrected chi connectivity index (χ3v) is 2.21. The van der Waals surface area contributed by atoms with Crippen molar-refractivity contribution in [1.82, 2.24) is 4.90 Å². The van der Waals surface area contributed by atoms with Crippen LogP contribution in [-0.2, 0) is 0 Å². The van der Waals surface area contributed by atoms with Gasteiger partial charge in [-0.1, -0.05) is 0 Å². The van der Waals surface area contributed by atoms with Gasteiger partial charge in [0.25, 0.3) is 0 Å². The Morgan fingerprint density at radius 2 is 2.06 bits per heavy atom. The van der Waals surface area contributed by atoms with Crippen molar-refractivity contribution in [1.29, 1.82) is 0 Å². The lowest BCUT2D eigenvalue weighted by molar-refractivity contribution is 0.0696. The molecule has 17 heavy (non-hydrogen) atoms. The van der Waals surface area contributed by atoms with Gasteiger partial charge in [0.2, 0.25) is 0 Å². The van der Waals surface area contributed by atoms with E-state index in [1.807, 2.05) is 19.0 Å². The molecular formula is C12H17NO4. The Morgan fingerprint density at radius 1 is 1.35 bits per heavy atom. The van der Waals surface area contributed by atoms with Crippen molar-refractivity contribution in [2.24, 2.45) is 0 Å². The summed E-state index contributed by atoms with van der Waals surface area (Å²) in [7, 11) is 5.40. The second kappa shape index (κ2) is 6.10. The van der Waals surface area contributed by atoms with Crippen molar-refractivity contribution in [3.63, 3.8) is 0 Å². The van der Waals surface area contributed by atoms with Gasteiger partial charge >= 0.3 is 5.97 Å². The maximum absolute atomic E-state index is 10.8. The minimum absolute atomic E-state index is 0.186. The van der Waals surface area contributed by atoms with Crippen molar-refractivity contribution < 1.29 is 19.4 Å². The summed E-state index contributed by atoms with van der Waals surface area (Å²) in [6.45, 7) is 1.23. The molecule has 0 aliphatic rings. The van der Waals surface area contributed by atoms with Gasteiger partial charge in [-0.25, -0.2) is 4.79 Å². The SMILES string of the molecule is COc1ccc(C(=O)O)cc1OCCN(C)C. The van der Waals surface area contributed by atoms with Crippen LogP contribution in [0.15, 0.2) is 18.2 Å². The van der Waals surface area contributed by atoms with E-state index in [2.05, 4.69) is 0 Å². The third-order valence-electron chi connectivity index (χ3n) is 2.21. The number of carboxylic acid groups (broad SMARTS) is 1. The van der Waals surface area contributed by atoms with Gasteiger partial charge in [-0.3, -0.25) is 0 Å². The van der Waals surface area contributed by atoms with Crippen molar-refractivity contribution >= 4 is 5.97 Å².